The Morgan fingerprint density at radius 3 is 2.54 bits per heavy atom. The van der Waals surface area contributed by atoms with Gasteiger partial charge in [-0.15, -0.1) is 11.3 Å². The van der Waals surface area contributed by atoms with Crippen molar-refractivity contribution in [2.75, 3.05) is 10.0 Å². The van der Waals surface area contributed by atoms with Crippen LogP contribution in [-0.4, -0.2) is 25.3 Å². The fourth-order valence-corrected chi connectivity index (χ4v) is 5.00. The quantitative estimate of drug-likeness (QED) is 0.589. The summed E-state index contributed by atoms with van der Waals surface area (Å²) >= 11 is 1.05. The Hall–Kier alpha value is -2.98. The van der Waals surface area contributed by atoms with Gasteiger partial charge in [0.05, 0.1) is 4.88 Å². The molecule has 146 valence electrons. The highest BCUT2D eigenvalue weighted by Gasteiger charge is 2.23. The summed E-state index contributed by atoms with van der Waals surface area (Å²) in [4.78, 5) is 24.5. The molecule has 0 saturated carbocycles. The van der Waals surface area contributed by atoms with Crippen molar-refractivity contribution < 1.29 is 22.5 Å². The Morgan fingerprint density at radius 1 is 1.14 bits per heavy atom. The molecule has 0 spiro atoms. The van der Waals surface area contributed by atoms with Gasteiger partial charge in [0.1, 0.15) is 10.7 Å². The monoisotopic (exact) mass is 419 g/mol. The number of hydrogen-bond acceptors (Lipinski definition) is 7. The van der Waals surface area contributed by atoms with Crippen LogP contribution in [0.3, 0.4) is 0 Å². The van der Waals surface area contributed by atoms with Crippen LogP contribution >= 0.6 is 11.3 Å². The average Bonchev–Trinajstić information content (AvgIpc) is 3.20. The smallest absolute Gasteiger partial charge is 0.267 e. The third-order valence-corrected chi connectivity index (χ3v) is 6.46. The van der Waals surface area contributed by atoms with Gasteiger partial charge in [0.15, 0.2) is 11.6 Å². The maximum absolute atomic E-state index is 12.8. The molecule has 2 heterocycles. The predicted octanol–water partition coefficient (Wildman–Crippen LogP) is 3.61. The fourth-order valence-electron chi connectivity index (χ4n) is 2.46. The molecule has 0 bridgehead atoms. The molecule has 1 amide bonds. The average molecular weight is 419 g/mol. The standard InChI is InChI=1S/C18H17N3O5S2/c1-10-7-17(20-26-10)19-18(23)15-9-16(12(3)27-15)28(24,25)21-14-6-4-5-13(8-14)11(2)22/h4-9,21H,1-3H3,(H,19,20,23). The maximum Gasteiger partial charge on any atom is 0.267 e. The largest absolute Gasteiger partial charge is 0.360 e. The number of anilines is 2. The zero-order valence-corrected chi connectivity index (χ0v) is 16.9. The van der Waals surface area contributed by atoms with Crippen LogP contribution in [0.1, 0.15) is 37.6 Å². The summed E-state index contributed by atoms with van der Waals surface area (Å²) < 4.78 is 32.8. The summed E-state index contributed by atoms with van der Waals surface area (Å²) in [6.07, 6.45) is 0. The van der Waals surface area contributed by atoms with E-state index < -0.39 is 15.9 Å². The maximum atomic E-state index is 12.8. The third-order valence-electron chi connectivity index (χ3n) is 3.78. The summed E-state index contributed by atoms with van der Waals surface area (Å²) in [5.74, 6) is 0.131. The topological polar surface area (TPSA) is 118 Å². The van der Waals surface area contributed by atoms with Gasteiger partial charge in [-0.1, -0.05) is 17.3 Å². The lowest BCUT2D eigenvalue weighted by Crippen LogP contribution is -2.14. The van der Waals surface area contributed by atoms with Crippen LogP contribution in [0.4, 0.5) is 11.5 Å². The number of aryl methyl sites for hydroxylation is 2. The van der Waals surface area contributed by atoms with Crippen molar-refractivity contribution in [3.63, 3.8) is 0 Å². The number of rotatable bonds is 6. The van der Waals surface area contributed by atoms with Crippen molar-refractivity contribution in [2.24, 2.45) is 0 Å². The number of ketones is 1. The Bertz CT molecular complexity index is 1160. The first-order chi connectivity index (χ1) is 13.2. The molecule has 8 nitrogen and oxygen atoms in total. The number of thiophene rings is 1. The van der Waals surface area contributed by atoms with E-state index in [1.54, 1.807) is 38.1 Å². The summed E-state index contributed by atoms with van der Waals surface area (Å²) in [6.45, 7) is 4.70. The molecule has 3 rings (SSSR count). The molecule has 0 aliphatic heterocycles. The molecule has 10 heteroatoms. The molecule has 0 fully saturated rings. The van der Waals surface area contributed by atoms with Crippen molar-refractivity contribution in [2.45, 2.75) is 25.7 Å². The van der Waals surface area contributed by atoms with E-state index in [1.165, 1.54) is 19.1 Å². The number of nitrogens with zero attached hydrogens (tertiary/aromatic N) is 1. The summed E-state index contributed by atoms with van der Waals surface area (Å²) in [5.41, 5.74) is 0.660. The van der Waals surface area contributed by atoms with Gasteiger partial charge < -0.3 is 9.84 Å². The number of carbonyl (C=O) groups is 2. The first-order valence-electron chi connectivity index (χ1n) is 8.14. The van der Waals surface area contributed by atoms with E-state index in [-0.39, 0.29) is 27.1 Å². The van der Waals surface area contributed by atoms with Gasteiger partial charge in [0, 0.05) is 22.2 Å². The molecule has 0 aliphatic rings. The van der Waals surface area contributed by atoms with E-state index in [0.29, 0.717) is 16.2 Å². The zero-order chi connectivity index (χ0) is 20.5. The number of carbonyl (C=O) groups excluding carboxylic acids is 2. The van der Waals surface area contributed by atoms with Gasteiger partial charge in [-0.05, 0) is 39.0 Å². The highest BCUT2D eigenvalue weighted by Crippen LogP contribution is 2.28. The number of Topliss-reactive ketones (excluding diaryl/α,β-unsaturated/α-hetero) is 1. The lowest BCUT2D eigenvalue weighted by Gasteiger charge is -2.08. The van der Waals surface area contributed by atoms with Crippen molar-refractivity contribution >= 4 is 44.6 Å². The second-order valence-corrected chi connectivity index (χ2v) is 8.96. The SMILES string of the molecule is CC(=O)c1cccc(NS(=O)(=O)c2cc(C(=O)Nc3cc(C)on3)sc2C)c1. The minimum absolute atomic E-state index is 0.00721. The van der Waals surface area contributed by atoms with E-state index >= 15 is 0 Å². The normalized spacial score (nSPS) is 11.2. The number of hydrogen-bond donors (Lipinski definition) is 2. The molecule has 1 aromatic carbocycles. The summed E-state index contributed by atoms with van der Waals surface area (Å²) in [7, 11) is -3.93. The molecular weight excluding hydrogens is 402 g/mol. The van der Waals surface area contributed by atoms with Crippen LogP contribution in [0.15, 0.2) is 45.8 Å². The van der Waals surface area contributed by atoms with Crippen molar-refractivity contribution in [3.05, 3.63) is 57.5 Å². The zero-order valence-electron chi connectivity index (χ0n) is 15.3. The number of amides is 1. The first kappa shape index (κ1) is 19.8. The van der Waals surface area contributed by atoms with Crippen LogP contribution in [0.25, 0.3) is 0 Å². The fraction of sp³-hybridized carbons (Fsp3) is 0.167. The van der Waals surface area contributed by atoms with E-state index in [4.69, 9.17) is 4.52 Å². The van der Waals surface area contributed by atoms with Crippen LogP contribution in [-0.2, 0) is 10.0 Å². The Balaban J connectivity index is 1.83. The van der Waals surface area contributed by atoms with Gasteiger partial charge >= 0.3 is 0 Å². The lowest BCUT2D eigenvalue weighted by atomic mass is 10.1. The van der Waals surface area contributed by atoms with E-state index in [0.717, 1.165) is 11.3 Å². The third kappa shape index (κ3) is 4.29. The number of benzene rings is 1. The number of sulfonamides is 1. The Morgan fingerprint density at radius 2 is 1.89 bits per heavy atom. The molecule has 3 aromatic rings. The molecule has 0 saturated heterocycles. The lowest BCUT2D eigenvalue weighted by molar-refractivity contribution is 0.101. The molecule has 0 atom stereocenters. The highest BCUT2D eigenvalue weighted by molar-refractivity contribution is 7.93. The van der Waals surface area contributed by atoms with E-state index in [2.05, 4.69) is 15.2 Å². The first-order valence-corrected chi connectivity index (χ1v) is 10.4. The van der Waals surface area contributed by atoms with Gasteiger partial charge in [-0.3, -0.25) is 14.3 Å². The van der Waals surface area contributed by atoms with Gasteiger partial charge in [-0.2, -0.15) is 0 Å². The summed E-state index contributed by atoms with van der Waals surface area (Å²) in [6, 6.07) is 9.06. The van der Waals surface area contributed by atoms with Crippen LogP contribution in [0.2, 0.25) is 0 Å². The molecule has 2 N–H and O–H groups in total. The minimum atomic E-state index is -3.93. The predicted molar refractivity (Wildman–Crippen MR) is 106 cm³/mol. The number of aromatic nitrogens is 1. The van der Waals surface area contributed by atoms with Crippen molar-refractivity contribution in [1.82, 2.24) is 5.16 Å². The van der Waals surface area contributed by atoms with Crippen molar-refractivity contribution in [1.29, 1.82) is 0 Å². The van der Waals surface area contributed by atoms with Crippen molar-refractivity contribution in [3.8, 4) is 0 Å². The second-order valence-electron chi connectivity index (χ2n) is 6.05. The van der Waals surface area contributed by atoms with Gasteiger partial charge in [0.2, 0.25) is 0 Å². The van der Waals surface area contributed by atoms with Gasteiger partial charge in [-0.25, -0.2) is 8.42 Å². The minimum Gasteiger partial charge on any atom is -0.360 e. The van der Waals surface area contributed by atoms with Crippen LogP contribution < -0.4 is 10.0 Å². The molecule has 2 aromatic heterocycles. The highest BCUT2D eigenvalue weighted by atomic mass is 32.2. The van der Waals surface area contributed by atoms with E-state index in [9.17, 15) is 18.0 Å². The molecule has 0 unspecified atom stereocenters. The Labute approximate surface area is 165 Å². The van der Waals surface area contributed by atoms with Crippen LogP contribution in [0.5, 0.6) is 0 Å². The van der Waals surface area contributed by atoms with Gasteiger partial charge in [0.25, 0.3) is 15.9 Å². The van der Waals surface area contributed by atoms with Crippen LogP contribution in [0, 0.1) is 13.8 Å². The molecule has 0 aliphatic carbocycles. The number of nitrogens with one attached hydrogen (secondary N) is 2. The van der Waals surface area contributed by atoms with E-state index in [1.807, 2.05) is 0 Å². The summed E-state index contributed by atoms with van der Waals surface area (Å²) in [5, 5.41) is 6.23. The second kappa shape index (κ2) is 7.56. The molecule has 0 radical (unpaired) electrons. The molecule has 28 heavy (non-hydrogen) atoms. The molecular formula is C18H17N3O5S2. The Kier molecular flexibility index (Phi) is 5.34.